The molecule has 142 valence electrons. The highest BCUT2D eigenvalue weighted by atomic mass is 35.5. The molecule has 0 unspecified atom stereocenters. The van der Waals surface area contributed by atoms with Gasteiger partial charge in [0.25, 0.3) is 5.91 Å². The predicted molar refractivity (Wildman–Crippen MR) is 104 cm³/mol. The molecule has 7 heteroatoms. The van der Waals surface area contributed by atoms with E-state index in [9.17, 15) is 4.79 Å². The molecule has 0 bridgehead atoms. The monoisotopic (exact) mass is 387 g/mol. The Hall–Kier alpha value is -2.47. The van der Waals surface area contributed by atoms with E-state index in [1.807, 2.05) is 18.3 Å². The summed E-state index contributed by atoms with van der Waals surface area (Å²) in [5.41, 5.74) is 1.40. The Bertz CT molecular complexity index is 818. The SMILES string of the molecule is O=C(NCc1ccc(N2CCCCCC2)nc1)c1cc(Cl)c2c(c1)OCO2. The molecule has 1 saturated heterocycles. The van der Waals surface area contributed by atoms with Gasteiger partial charge in [0.2, 0.25) is 6.79 Å². The molecule has 0 aliphatic carbocycles. The van der Waals surface area contributed by atoms with Gasteiger partial charge >= 0.3 is 0 Å². The molecular weight excluding hydrogens is 366 g/mol. The summed E-state index contributed by atoms with van der Waals surface area (Å²) < 4.78 is 10.6. The van der Waals surface area contributed by atoms with Gasteiger partial charge in [-0.2, -0.15) is 0 Å². The molecule has 1 N–H and O–H groups in total. The van der Waals surface area contributed by atoms with E-state index >= 15 is 0 Å². The summed E-state index contributed by atoms with van der Waals surface area (Å²) in [6, 6.07) is 7.28. The van der Waals surface area contributed by atoms with Crippen LogP contribution in [0.4, 0.5) is 5.82 Å². The normalized spacial score (nSPS) is 16.1. The molecule has 2 aliphatic rings. The predicted octanol–water partition coefficient (Wildman–Crippen LogP) is 3.77. The van der Waals surface area contributed by atoms with Crippen molar-refractivity contribution in [3.05, 3.63) is 46.6 Å². The average Bonchev–Trinajstić information content (AvgIpc) is 3.01. The number of hydrogen-bond acceptors (Lipinski definition) is 5. The van der Waals surface area contributed by atoms with Crippen LogP contribution in [0.1, 0.15) is 41.6 Å². The molecule has 0 radical (unpaired) electrons. The van der Waals surface area contributed by atoms with E-state index < -0.39 is 0 Å². The number of hydrogen-bond donors (Lipinski definition) is 1. The molecule has 6 nitrogen and oxygen atoms in total. The minimum atomic E-state index is -0.216. The number of nitrogens with zero attached hydrogens (tertiary/aromatic N) is 2. The van der Waals surface area contributed by atoms with Crippen molar-refractivity contribution in [2.24, 2.45) is 0 Å². The molecule has 1 aromatic carbocycles. The zero-order valence-corrected chi connectivity index (χ0v) is 15.8. The highest BCUT2D eigenvalue weighted by Gasteiger charge is 2.20. The number of amides is 1. The second-order valence-electron chi connectivity index (χ2n) is 6.80. The van der Waals surface area contributed by atoms with Crippen LogP contribution >= 0.6 is 11.6 Å². The minimum absolute atomic E-state index is 0.120. The van der Waals surface area contributed by atoms with Crippen LogP contribution in [0.25, 0.3) is 0 Å². The summed E-state index contributed by atoms with van der Waals surface area (Å²) in [7, 11) is 0. The van der Waals surface area contributed by atoms with Gasteiger partial charge < -0.3 is 19.7 Å². The lowest BCUT2D eigenvalue weighted by Crippen LogP contribution is -2.25. The van der Waals surface area contributed by atoms with Gasteiger partial charge in [-0.3, -0.25) is 4.79 Å². The molecule has 1 aromatic heterocycles. The highest BCUT2D eigenvalue weighted by Crippen LogP contribution is 2.39. The lowest BCUT2D eigenvalue weighted by Gasteiger charge is -2.21. The standard InChI is InChI=1S/C20H22ClN3O3/c21-16-9-15(10-17-19(16)27-13-26-17)20(25)23-12-14-5-6-18(22-11-14)24-7-3-1-2-4-8-24/h5-6,9-11H,1-4,7-8,12-13H2,(H,23,25). The van der Waals surface area contributed by atoms with E-state index in [1.165, 1.54) is 25.7 Å². The molecule has 0 saturated carbocycles. The van der Waals surface area contributed by atoms with Gasteiger partial charge in [-0.25, -0.2) is 4.98 Å². The summed E-state index contributed by atoms with van der Waals surface area (Å²) in [6.45, 7) is 2.65. The Morgan fingerprint density at radius 1 is 1.15 bits per heavy atom. The molecule has 0 spiro atoms. The lowest BCUT2D eigenvalue weighted by molar-refractivity contribution is 0.0950. The van der Waals surface area contributed by atoms with Crippen LogP contribution in [0.5, 0.6) is 11.5 Å². The molecule has 1 fully saturated rings. The van der Waals surface area contributed by atoms with E-state index in [4.69, 9.17) is 21.1 Å². The van der Waals surface area contributed by atoms with Gasteiger partial charge in [-0.1, -0.05) is 30.5 Å². The van der Waals surface area contributed by atoms with Gasteiger partial charge in [0.1, 0.15) is 5.82 Å². The third-order valence-corrected chi connectivity index (χ3v) is 5.16. The number of fused-ring (bicyclic) bond motifs is 1. The first-order chi connectivity index (χ1) is 13.2. The van der Waals surface area contributed by atoms with Crippen LogP contribution < -0.4 is 19.7 Å². The maximum Gasteiger partial charge on any atom is 0.251 e. The summed E-state index contributed by atoms with van der Waals surface area (Å²) in [6.07, 6.45) is 6.86. The number of pyridine rings is 1. The van der Waals surface area contributed by atoms with Crippen LogP contribution in [0.3, 0.4) is 0 Å². The first-order valence-electron chi connectivity index (χ1n) is 9.28. The fourth-order valence-electron chi connectivity index (χ4n) is 3.39. The van der Waals surface area contributed by atoms with Crippen LogP contribution in [-0.2, 0) is 6.54 Å². The van der Waals surface area contributed by atoms with E-state index in [2.05, 4.69) is 15.2 Å². The topological polar surface area (TPSA) is 63.7 Å². The maximum atomic E-state index is 12.4. The van der Waals surface area contributed by atoms with Crippen molar-refractivity contribution >= 4 is 23.3 Å². The largest absolute Gasteiger partial charge is 0.454 e. The Kier molecular flexibility index (Phi) is 5.34. The van der Waals surface area contributed by atoms with Crippen molar-refractivity contribution in [3.63, 3.8) is 0 Å². The summed E-state index contributed by atoms with van der Waals surface area (Å²) >= 11 is 6.14. The number of halogens is 1. The van der Waals surface area contributed by atoms with E-state index in [0.717, 1.165) is 24.5 Å². The van der Waals surface area contributed by atoms with E-state index in [-0.39, 0.29) is 12.7 Å². The van der Waals surface area contributed by atoms with Crippen molar-refractivity contribution in [1.29, 1.82) is 0 Å². The fraction of sp³-hybridized carbons (Fsp3) is 0.400. The molecule has 2 aliphatic heterocycles. The van der Waals surface area contributed by atoms with Gasteiger partial charge in [0, 0.05) is 31.4 Å². The second kappa shape index (κ2) is 8.05. The van der Waals surface area contributed by atoms with Crippen LogP contribution in [0, 0.1) is 0 Å². The number of carbonyl (C=O) groups is 1. The van der Waals surface area contributed by atoms with Gasteiger partial charge in [0.05, 0.1) is 5.02 Å². The number of rotatable bonds is 4. The summed E-state index contributed by atoms with van der Waals surface area (Å²) in [5.74, 6) is 1.78. The second-order valence-corrected chi connectivity index (χ2v) is 7.21. The maximum absolute atomic E-state index is 12.4. The number of carbonyl (C=O) groups excluding carboxylic acids is 1. The molecular formula is C20H22ClN3O3. The summed E-state index contributed by atoms with van der Waals surface area (Å²) in [4.78, 5) is 19.3. The number of nitrogens with one attached hydrogen (secondary N) is 1. The van der Waals surface area contributed by atoms with Crippen LogP contribution in [-0.4, -0.2) is 30.8 Å². The number of aromatic nitrogens is 1. The van der Waals surface area contributed by atoms with Gasteiger partial charge in [-0.15, -0.1) is 0 Å². The van der Waals surface area contributed by atoms with Gasteiger partial charge in [0.15, 0.2) is 11.5 Å². The molecule has 0 atom stereocenters. The first-order valence-corrected chi connectivity index (χ1v) is 9.66. The number of benzene rings is 1. The third kappa shape index (κ3) is 4.11. The van der Waals surface area contributed by atoms with E-state index in [1.54, 1.807) is 12.1 Å². The third-order valence-electron chi connectivity index (χ3n) is 4.88. The zero-order valence-electron chi connectivity index (χ0n) is 15.0. The molecule has 3 heterocycles. The van der Waals surface area contributed by atoms with Crippen molar-refractivity contribution in [1.82, 2.24) is 10.3 Å². The fourth-order valence-corrected chi connectivity index (χ4v) is 3.66. The van der Waals surface area contributed by atoms with Gasteiger partial charge in [-0.05, 0) is 36.6 Å². The van der Waals surface area contributed by atoms with Crippen molar-refractivity contribution in [2.75, 3.05) is 24.8 Å². The molecule has 4 rings (SSSR count). The van der Waals surface area contributed by atoms with Crippen molar-refractivity contribution < 1.29 is 14.3 Å². The van der Waals surface area contributed by atoms with E-state index in [0.29, 0.717) is 28.6 Å². The number of anilines is 1. The quantitative estimate of drug-likeness (QED) is 0.865. The Morgan fingerprint density at radius 3 is 2.70 bits per heavy atom. The molecule has 27 heavy (non-hydrogen) atoms. The first kappa shape index (κ1) is 17.9. The Morgan fingerprint density at radius 2 is 1.96 bits per heavy atom. The zero-order chi connectivity index (χ0) is 18.6. The summed E-state index contributed by atoms with van der Waals surface area (Å²) in [5, 5.41) is 3.27. The minimum Gasteiger partial charge on any atom is -0.454 e. The molecule has 1 amide bonds. The smallest absolute Gasteiger partial charge is 0.251 e. The van der Waals surface area contributed by atoms with Crippen LogP contribution in [0.15, 0.2) is 30.5 Å². The van der Waals surface area contributed by atoms with Crippen molar-refractivity contribution in [3.8, 4) is 11.5 Å². The highest BCUT2D eigenvalue weighted by molar-refractivity contribution is 6.32. The van der Waals surface area contributed by atoms with Crippen molar-refractivity contribution in [2.45, 2.75) is 32.2 Å². The lowest BCUT2D eigenvalue weighted by atomic mass is 10.2. The van der Waals surface area contributed by atoms with Crippen LogP contribution in [0.2, 0.25) is 5.02 Å². The average molecular weight is 388 g/mol. The Balaban J connectivity index is 1.37. The number of ether oxygens (including phenoxy) is 2. The molecule has 2 aromatic rings. The Labute approximate surface area is 163 Å².